The molecule has 1 unspecified atom stereocenters. The standard InChI is InChI=1S/C32H36N6O6/c1-5-19-43-32(41)36-29(33)22-10-13-24(14-11-22)44-21(3)30-35-25-20-23(12-15-26(25)37(30)4)31(40)38(18-16-28(39)42-6-2)27-9-7-8-17-34-27/h7-15,17,20-21H,5-6,16,18-19H2,1-4H3,(H2,33,36,41). The number of carbonyl (C=O) groups is 3. The maximum absolute atomic E-state index is 13.6. The molecule has 4 aromatic rings. The number of hydrogen-bond acceptors (Lipinski definition) is 8. The number of aryl methyl sites for hydroxylation is 1. The first kappa shape index (κ1) is 31.7. The van der Waals surface area contributed by atoms with Crippen LogP contribution in [-0.4, -0.2) is 58.1 Å². The SMILES string of the molecule is CCCOC(=O)/N=C(/N)c1ccc(OC(C)c2nc3cc(C(=O)N(CCC(=O)OCC)c4ccccn4)ccc3n2C)cc1. The Bertz CT molecular complexity index is 1630. The molecule has 44 heavy (non-hydrogen) atoms. The van der Waals surface area contributed by atoms with Crippen molar-refractivity contribution in [2.24, 2.45) is 17.8 Å². The van der Waals surface area contributed by atoms with Gasteiger partial charge < -0.3 is 24.5 Å². The number of fused-ring (bicyclic) bond motifs is 1. The second-order valence-electron chi connectivity index (χ2n) is 9.83. The number of ether oxygens (including phenoxy) is 3. The fourth-order valence-electron chi connectivity index (χ4n) is 4.49. The van der Waals surface area contributed by atoms with Crippen molar-refractivity contribution in [2.75, 3.05) is 24.7 Å². The van der Waals surface area contributed by atoms with Crippen molar-refractivity contribution >= 4 is 40.7 Å². The van der Waals surface area contributed by atoms with Gasteiger partial charge >= 0.3 is 12.1 Å². The molecule has 0 fully saturated rings. The predicted octanol–water partition coefficient (Wildman–Crippen LogP) is 4.96. The molecule has 2 N–H and O–H groups in total. The molecule has 0 saturated carbocycles. The third kappa shape index (κ3) is 7.77. The molecule has 1 atom stereocenters. The molecule has 4 rings (SSSR count). The maximum Gasteiger partial charge on any atom is 0.435 e. The zero-order valence-corrected chi connectivity index (χ0v) is 25.2. The number of nitrogens with zero attached hydrogens (tertiary/aromatic N) is 5. The number of esters is 1. The average molecular weight is 601 g/mol. The molecular weight excluding hydrogens is 564 g/mol. The van der Waals surface area contributed by atoms with E-state index in [1.54, 1.807) is 67.7 Å². The van der Waals surface area contributed by atoms with Gasteiger partial charge in [-0.25, -0.2) is 14.8 Å². The van der Waals surface area contributed by atoms with Gasteiger partial charge in [-0.1, -0.05) is 13.0 Å². The summed E-state index contributed by atoms with van der Waals surface area (Å²) in [5, 5.41) is 0. The van der Waals surface area contributed by atoms with Crippen LogP contribution in [-0.2, 0) is 21.3 Å². The van der Waals surface area contributed by atoms with Gasteiger partial charge in [0.15, 0.2) is 11.9 Å². The Morgan fingerprint density at radius 1 is 1.02 bits per heavy atom. The second kappa shape index (κ2) is 14.8. The van der Waals surface area contributed by atoms with Gasteiger partial charge in [0.2, 0.25) is 0 Å². The lowest BCUT2D eigenvalue weighted by Gasteiger charge is -2.21. The van der Waals surface area contributed by atoms with E-state index >= 15 is 0 Å². The lowest BCUT2D eigenvalue weighted by molar-refractivity contribution is -0.142. The maximum atomic E-state index is 13.6. The van der Waals surface area contributed by atoms with Gasteiger partial charge in [0, 0.05) is 30.9 Å². The predicted molar refractivity (Wildman–Crippen MR) is 166 cm³/mol. The van der Waals surface area contributed by atoms with Gasteiger partial charge in [0.05, 0.1) is 30.7 Å². The minimum atomic E-state index is -0.730. The summed E-state index contributed by atoms with van der Waals surface area (Å²) in [5.74, 6) is 0.997. The Morgan fingerprint density at radius 2 is 1.77 bits per heavy atom. The molecule has 0 radical (unpaired) electrons. The van der Waals surface area contributed by atoms with Crippen molar-refractivity contribution in [1.82, 2.24) is 14.5 Å². The van der Waals surface area contributed by atoms with E-state index in [2.05, 4.69) is 9.98 Å². The number of amides is 2. The summed E-state index contributed by atoms with van der Waals surface area (Å²) in [6, 6.07) is 17.4. The van der Waals surface area contributed by atoms with Gasteiger partial charge in [-0.15, -0.1) is 0 Å². The molecule has 0 aliphatic carbocycles. The highest BCUT2D eigenvalue weighted by molar-refractivity contribution is 6.07. The molecule has 2 amide bonds. The van der Waals surface area contributed by atoms with Crippen LogP contribution in [0.3, 0.4) is 0 Å². The van der Waals surface area contributed by atoms with Crippen LogP contribution in [0.2, 0.25) is 0 Å². The monoisotopic (exact) mass is 600 g/mol. The number of carbonyl (C=O) groups excluding carboxylic acids is 3. The fraction of sp³-hybridized carbons (Fsp3) is 0.312. The van der Waals surface area contributed by atoms with E-state index in [9.17, 15) is 14.4 Å². The molecule has 2 heterocycles. The normalized spacial score (nSPS) is 12.0. The van der Waals surface area contributed by atoms with E-state index < -0.39 is 18.2 Å². The van der Waals surface area contributed by atoms with Gasteiger partial charge in [-0.05, 0) is 74.9 Å². The van der Waals surface area contributed by atoms with Crippen molar-refractivity contribution in [3.63, 3.8) is 0 Å². The van der Waals surface area contributed by atoms with Crippen LogP contribution in [0.4, 0.5) is 10.6 Å². The molecule has 0 saturated heterocycles. The van der Waals surface area contributed by atoms with Crippen molar-refractivity contribution < 1.29 is 28.6 Å². The number of aliphatic imine (C=N–C) groups is 1. The molecule has 0 bridgehead atoms. The number of hydrogen-bond donors (Lipinski definition) is 1. The van der Waals surface area contributed by atoms with E-state index in [-0.39, 0.29) is 37.9 Å². The van der Waals surface area contributed by atoms with Crippen molar-refractivity contribution in [3.05, 3.63) is 83.8 Å². The van der Waals surface area contributed by atoms with E-state index in [0.717, 1.165) is 5.52 Å². The Hall–Kier alpha value is -5.26. The lowest BCUT2D eigenvalue weighted by atomic mass is 10.1. The Kier molecular flexibility index (Phi) is 10.6. The number of nitrogens with two attached hydrogens (primary N) is 1. The fourth-order valence-corrected chi connectivity index (χ4v) is 4.49. The third-order valence-corrected chi connectivity index (χ3v) is 6.65. The van der Waals surface area contributed by atoms with Crippen LogP contribution >= 0.6 is 0 Å². The van der Waals surface area contributed by atoms with E-state index in [1.165, 1.54) is 4.90 Å². The van der Waals surface area contributed by atoms with Crippen LogP contribution in [0.15, 0.2) is 71.9 Å². The molecule has 0 aliphatic heterocycles. The smallest absolute Gasteiger partial charge is 0.435 e. The van der Waals surface area contributed by atoms with Crippen LogP contribution in [0.1, 0.15) is 61.5 Å². The van der Waals surface area contributed by atoms with Gasteiger partial charge in [-0.2, -0.15) is 4.99 Å². The molecular formula is C32H36N6O6. The minimum absolute atomic E-state index is 0.0346. The van der Waals surface area contributed by atoms with E-state index in [4.69, 9.17) is 24.9 Å². The highest BCUT2D eigenvalue weighted by Gasteiger charge is 2.22. The Labute approximate surface area is 255 Å². The largest absolute Gasteiger partial charge is 0.483 e. The molecule has 12 nitrogen and oxygen atoms in total. The van der Waals surface area contributed by atoms with Crippen molar-refractivity contribution in [2.45, 2.75) is 39.7 Å². The Morgan fingerprint density at radius 3 is 2.45 bits per heavy atom. The second-order valence-corrected chi connectivity index (χ2v) is 9.83. The molecule has 0 spiro atoms. The summed E-state index contributed by atoms with van der Waals surface area (Å²) in [5.41, 5.74) is 8.33. The topological polar surface area (TPSA) is 151 Å². The summed E-state index contributed by atoms with van der Waals surface area (Å²) in [6.07, 6.45) is 1.15. The molecule has 2 aromatic carbocycles. The average Bonchev–Trinajstić information content (AvgIpc) is 3.36. The first-order chi connectivity index (χ1) is 21.2. The minimum Gasteiger partial charge on any atom is -0.483 e. The lowest BCUT2D eigenvalue weighted by Crippen LogP contribution is -2.34. The number of aromatic nitrogens is 3. The zero-order chi connectivity index (χ0) is 31.6. The highest BCUT2D eigenvalue weighted by atomic mass is 16.5. The number of amidine groups is 1. The number of anilines is 1. The third-order valence-electron chi connectivity index (χ3n) is 6.65. The molecule has 230 valence electrons. The molecule has 0 aliphatic rings. The summed E-state index contributed by atoms with van der Waals surface area (Å²) in [7, 11) is 1.88. The number of rotatable bonds is 12. The quantitative estimate of drug-likeness (QED) is 0.135. The van der Waals surface area contributed by atoms with Crippen molar-refractivity contribution in [3.8, 4) is 5.75 Å². The van der Waals surface area contributed by atoms with Crippen LogP contribution < -0.4 is 15.4 Å². The van der Waals surface area contributed by atoms with Crippen LogP contribution in [0, 0.1) is 0 Å². The van der Waals surface area contributed by atoms with E-state index in [0.29, 0.717) is 40.5 Å². The van der Waals surface area contributed by atoms with Gasteiger partial charge in [-0.3, -0.25) is 14.5 Å². The highest BCUT2D eigenvalue weighted by Crippen LogP contribution is 2.26. The summed E-state index contributed by atoms with van der Waals surface area (Å²) < 4.78 is 18.0. The number of pyridine rings is 1. The summed E-state index contributed by atoms with van der Waals surface area (Å²) in [4.78, 5) is 51.7. The number of benzene rings is 2. The molecule has 12 heteroatoms. The van der Waals surface area contributed by atoms with Crippen LogP contribution in [0.25, 0.3) is 11.0 Å². The van der Waals surface area contributed by atoms with Gasteiger partial charge in [0.1, 0.15) is 17.4 Å². The zero-order valence-electron chi connectivity index (χ0n) is 25.2. The molecule has 2 aromatic heterocycles. The summed E-state index contributed by atoms with van der Waals surface area (Å²) >= 11 is 0. The van der Waals surface area contributed by atoms with Gasteiger partial charge in [0.25, 0.3) is 5.91 Å². The first-order valence-corrected chi connectivity index (χ1v) is 14.3. The van der Waals surface area contributed by atoms with Crippen molar-refractivity contribution in [1.29, 1.82) is 0 Å². The Balaban J connectivity index is 1.51. The summed E-state index contributed by atoms with van der Waals surface area (Å²) in [6.45, 7) is 6.16. The van der Waals surface area contributed by atoms with Crippen LogP contribution in [0.5, 0.6) is 5.75 Å². The van der Waals surface area contributed by atoms with E-state index in [1.807, 2.05) is 31.5 Å². The number of imidazole rings is 1. The first-order valence-electron chi connectivity index (χ1n) is 14.3.